The van der Waals surface area contributed by atoms with Gasteiger partial charge in [-0.05, 0) is 49.4 Å². The molecule has 3 nitrogen and oxygen atoms in total. The van der Waals surface area contributed by atoms with E-state index < -0.39 is 0 Å². The molecule has 0 heterocycles. The average Bonchev–Trinajstić information content (AvgIpc) is 2.14. The molecule has 0 saturated heterocycles. The molecule has 0 aromatic heterocycles. The van der Waals surface area contributed by atoms with Gasteiger partial charge in [0.25, 0.3) is 0 Å². The molecular formula is C11H16O3. The van der Waals surface area contributed by atoms with Gasteiger partial charge >= 0.3 is 0 Å². The number of phenolic OH excluding ortho intramolecular Hbond substituents is 2. The zero-order chi connectivity index (χ0) is 10.6. The smallest absolute Gasteiger partial charge is 0.119 e. The lowest BCUT2D eigenvalue weighted by Gasteiger charge is -2.06. The molecule has 0 fully saturated rings. The van der Waals surface area contributed by atoms with E-state index in [0.717, 1.165) is 12.0 Å². The molecule has 0 aliphatic rings. The van der Waals surface area contributed by atoms with Crippen LogP contribution in [-0.2, 0) is 6.42 Å². The quantitative estimate of drug-likeness (QED) is 0.507. The lowest BCUT2D eigenvalue weighted by molar-refractivity contribution is 0.284. The van der Waals surface area contributed by atoms with E-state index in [9.17, 15) is 10.2 Å². The Hall–Kier alpha value is -1.22. The first-order valence-corrected chi connectivity index (χ1v) is 4.77. The third-order valence-electron chi connectivity index (χ3n) is 2.25. The number of hydrogen-bond donors (Lipinski definition) is 3. The number of phenols is 2. The maximum atomic E-state index is 9.54. The molecule has 3 heteroatoms. The van der Waals surface area contributed by atoms with Gasteiger partial charge in [0.1, 0.15) is 11.5 Å². The van der Waals surface area contributed by atoms with Crippen LogP contribution in [0.15, 0.2) is 12.1 Å². The van der Waals surface area contributed by atoms with Crippen molar-refractivity contribution < 1.29 is 15.3 Å². The Morgan fingerprint density at radius 3 is 2.43 bits per heavy atom. The highest BCUT2D eigenvalue weighted by atomic mass is 16.3. The van der Waals surface area contributed by atoms with Crippen LogP contribution in [-0.4, -0.2) is 21.9 Å². The molecule has 0 atom stereocenters. The second-order valence-corrected chi connectivity index (χ2v) is 3.45. The Kier molecular flexibility index (Phi) is 3.77. The van der Waals surface area contributed by atoms with Crippen molar-refractivity contribution in [3.63, 3.8) is 0 Å². The van der Waals surface area contributed by atoms with Crippen LogP contribution in [0.2, 0.25) is 0 Å². The molecule has 0 saturated carbocycles. The fourth-order valence-corrected chi connectivity index (χ4v) is 1.35. The number of benzene rings is 1. The zero-order valence-corrected chi connectivity index (χ0v) is 8.32. The number of aliphatic hydroxyl groups is 1. The normalized spacial score (nSPS) is 10.4. The van der Waals surface area contributed by atoms with Gasteiger partial charge in [0.15, 0.2) is 0 Å². The summed E-state index contributed by atoms with van der Waals surface area (Å²) in [6, 6.07) is 3.14. The molecule has 1 rings (SSSR count). The van der Waals surface area contributed by atoms with Gasteiger partial charge in [0, 0.05) is 6.61 Å². The van der Waals surface area contributed by atoms with Crippen LogP contribution < -0.4 is 0 Å². The van der Waals surface area contributed by atoms with Gasteiger partial charge in [-0.25, -0.2) is 0 Å². The Balaban J connectivity index is 2.72. The van der Waals surface area contributed by atoms with Crippen molar-refractivity contribution in [2.75, 3.05) is 6.61 Å². The van der Waals surface area contributed by atoms with E-state index in [-0.39, 0.29) is 18.1 Å². The first-order chi connectivity index (χ1) is 6.65. The minimum Gasteiger partial charge on any atom is -0.508 e. The zero-order valence-electron chi connectivity index (χ0n) is 8.32. The molecule has 0 bridgehead atoms. The fourth-order valence-electron chi connectivity index (χ4n) is 1.35. The number of aryl methyl sites for hydroxylation is 2. The van der Waals surface area contributed by atoms with Crippen LogP contribution in [0, 0.1) is 6.92 Å². The van der Waals surface area contributed by atoms with Gasteiger partial charge in [-0.3, -0.25) is 0 Å². The minimum absolute atomic E-state index is 0.165. The summed E-state index contributed by atoms with van der Waals surface area (Å²) >= 11 is 0. The highest BCUT2D eigenvalue weighted by molar-refractivity contribution is 5.44. The molecule has 14 heavy (non-hydrogen) atoms. The van der Waals surface area contributed by atoms with Crippen LogP contribution in [0.25, 0.3) is 0 Å². The van der Waals surface area contributed by atoms with Gasteiger partial charge in [-0.15, -0.1) is 0 Å². The summed E-state index contributed by atoms with van der Waals surface area (Å²) < 4.78 is 0. The van der Waals surface area contributed by atoms with E-state index in [1.54, 1.807) is 19.1 Å². The summed E-state index contributed by atoms with van der Waals surface area (Å²) in [5, 5.41) is 27.6. The predicted octanol–water partition coefficient (Wildman–Crippen LogP) is 1.72. The van der Waals surface area contributed by atoms with E-state index in [2.05, 4.69) is 0 Å². The monoisotopic (exact) mass is 196 g/mol. The number of rotatable bonds is 4. The van der Waals surface area contributed by atoms with Gasteiger partial charge in [0.2, 0.25) is 0 Å². The van der Waals surface area contributed by atoms with Crippen LogP contribution in [0.5, 0.6) is 11.5 Å². The van der Waals surface area contributed by atoms with Crippen molar-refractivity contribution in [3.8, 4) is 11.5 Å². The maximum absolute atomic E-state index is 9.54. The molecule has 3 N–H and O–H groups in total. The van der Waals surface area contributed by atoms with E-state index in [1.807, 2.05) is 0 Å². The molecule has 0 aliphatic heterocycles. The maximum Gasteiger partial charge on any atom is 0.119 e. The van der Waals surface area contributed by atoms with Gasteiger partial charge in [-0.1, -0.05) is 0 Å². The van der Waals surface area contributed by atoms with Crippen molar-refractivity contribution in [3.05, 3.63) is 23.3 Å². The summed E-state index contributed by atoms with van der Waals surface area (Å²) in [5.41, 5.74) is 1.41. The highest BCUT2D eigenvalue weighted by Gasteiger charge is 2.05. The summed E-state index contributed by atoms with van der Waals surface area (Å²) in [4.78, 5) is 0. The third-order valence-corrected chi connectivity index (χ3v) is 2.25. The topological polar surface area (TPSA) is 60.7 Å². The van der Waals surface area contributed by atoms with Gasteiger partial charge < -0.3 is 15.3 Å². The Morgan fingerprint density at radius 2 is 1.79 bits per heavy atom. The molecule has 0 aliphatic carbocycles. The molecule has 0 spiro atoms. The lowest BCUT2D eigenvalue weighted by Crippen LogP contribution is -1.90. The summed E-state index contributed by atoms with van der Waals surface area (Å²) in [6.07, 6.45) is 2.21. The first kappa shape index (κ1) is 10.9. The van der Waals surface area contributed by atoms with Gasteiger partial charge in [0.05, 0.1) is 0 Å². The summed E-state index contributed by atoms with van der Waals surface area (Å²) in [5.74, 6) is 0.431. The molecule has 1 aromatic carbocycles. The molecule has 0 amide bonds. The van der Waals surface area contributed by atoms with Crippen LogP contribution in [0.1, 0.15) is 24.0 Å². The Labute approximate surface area is 83.6 Å². The number of hydrogen-bond acceptors (Lipinski definition) is 3. The van der Waals surface area contributed by atoms with Crippen molar-refractivity contribution >= 4 is 0 Å². The molecule has 0 unspecified atom stereocenters. The summed E-state index contributed by atoms with van der Waals surface area (Å²) in [7, 11) is 0. The second kappa shape index (κ2) is 4.86. The largest absolute Gasteiger partial charge is 0.508 e. The lowest BCUT2D eigenvalue weighted by atomic mass is 10.0. The molecule has 78 valence electrons. The van der Waals surface area contributed by atoms with Crippen LogP contribution >= 0.6 is 0 Å². The standard InChI is InChI=1S/C11H16O3/c1-8-6-11(14)9(7-10(8)13)4-2-3-5-12/h6-7,12-14H,2-5H2,1H3. The van der Waals surface area contributed by atoms with Crippen molar-refractivity contribution in [1.29, 1.82) is 0 Å². The predicted molar refractivity (Wildman–Crippen MR) is 54.5 cm³/mol. The molecular weight excluding hydrogens is 180 g/mol. The van der Waals surface area contributed by atoms with E-state index in [0.29, 0.717) is 18.4 Å². The van der Waals surface area contributed by atoms with E-state index >= 15 is 0 Å². The summed E-state index contributed by atoms with van der Waals surface area (Å²) in [6.45, 7) is 1.91. The van der Waals surface area contributed by atoms with Crippen LogP contribution in [0.3, 0.4) is 0 Å². The Morgan fingerprint density at radius 1 is 1.07 bits per heavy atom. The molecule has 0 radical (unpaired) electrons. The minimum atomic E-state index is 0.165. The second-order valence-electron chi connectivity index (χ2n) is 3.45. The number of aliphatic hydroxyl groups excluding tert-OH is 1. The molecule has 1 aromatic rings. The third kappa shape index (κ3) is 2.64. The highest BCUT2D eigenvalue weighted by Crippen LogP contribution is 2.27. The number of aromatic hydroxyl groups is 2. The van der Waals surface area contributed by atoms with Crippen LogP contribution in [0.4, 0.5) is 0 Å². The Bertz CT molecular complexity index is 308. The fraction of sp³-hybridized carbons (Fsp3) is 0.455. The SMILES string of the molecule is Cc1cc(O)c(CCCCO)cc1O. The van der Waals surface area contributed by atoms with E-state index in [4.69, 9.17) is 5.11 Å². The van der Waals surface area contributed by atoms with E-state index in [1.165, 1.54) is 0 Å². The van der Waals surface area contributed by atoms with Crippen molar-refractivity contribution in [2.45, 2.75) is 26.2 Å². The van der Waals surface area contributed by atoms with Crippen molar-refractivity contribution in [2.24, 2.45) is 0 Å². The van der Waals surface area contributed by atoms with Crippen molar-refractivity contribution in [1.82, 2.24) is 0 Å². The first-order valence-electron chi connectivity index (χ1n) is 4.77. The number of unbranched alkanes of at least 4 members (excludes halogenated alkanes) is 1. The van der Waals surface area contributed by atoms with Gasteiger partial charge in [-0.2, -0.15) is 0 Å². The average molecular weight is 196 g/mol.